The molecular formula is C16H24BrNO. The molecule has 4 aliphatic carbocycles. The number of halogens is 1. The van der Waals surface area contributed by atoms with Crippen molar-refractivity contribution in [2.75, 3.05) is 6.54 Å². The largest absolute Gasteiger partial charge is 0.356 e. The van der Waals surface area contributed by atoms with Crippen molar-refractivity contribution in [3.63, 3.8) is 0 Å². The minimum absolute atomic E-state index is 0.396. The molecule has 4 atom stereocenters. The van der Waals surface area contributed by atoms with E-state index in [1.54, 1.807) is 0 Å². The Balaban J connectivity index is 1.25. The standard InChI is InChI=1S/C16H24BrNO/c17-12-5-1-9(2-6-12)8-18-16(19)15-13-10-3-4-11(7-10)14(13)15/h9-15H,1-8H2,(H,18,19). The molecule has 0 aromatic carbocycles. The van der Waals surface area contributed by atoms with Crippen LogP contribution in [-0.4, -0.2) is 17.3 Å². The van der Waals surface area contributed by atoms with Crippen LogP contribution in [0.4, 0.5) is 0 Å². The molecule has 2 nitrogen and oxygen atoms in total. The maximum absolute atomic E-state index is 12.3. The summed E-state index contributed by atoms with van der Waals surface area (Å²) in [5.41, 5.74) is 0. The third kappa shape index (κ3) is 2.16. The highest BCUT2D eigenvalue weighted by atomic mass is 79.9. The molecule has 1 amide bonds. The average Bonchev–Trinajstić information content (AvgIpc) is 2.86. The molecule has 4 fully saturated rings. The third-order valence-electron chi connectivity index (χ3n) is 6.38. The van der Waals surface area contributed by atoms with E-state index >= 15 is 0 Å². The Bertz CT molecular complexity index is 361. The van der Waals surface area contributed by atoms with E-state index in [2.05, 4.69) is 21.2 Å². The lowest BCUT2D eigenvalue weighted by molar-refractivity contribution is -0.123. The SMILES string of the molecule is O=C(NCC1CCC(Br)CC1)C1C2C3CCC(C3)C12. The van der Waals surface area contributed by atoms with Crippen LogP contribution in [0.25, 0.3) is 0 Å². The van der Waals surface area contributed by atoms with Gasteiger partial charge in [-0.1, -0.05) is 15.9 Å². The summed E-state index contributed by atoms with van der Waals surface area (Å²) in [5.74, 6) is 4.94. The molecule has 4 aliphatic rings. The van der Waals surface area contributed by atoms with Gasteiger partial charge in [-0.15, -0.1) is 0 Å². The van der Waals surface area contributed by atoms with Gasteiger partial charge in [0.15, 0.2) is 0 Å². The normalized spacial score (nSPS) is 50.9. The Kier molecular flexibility index (Phi) is 3.17. The van der Waals surface area contributed by atoms with Gasteiger partial charge in [-0.2, -0.15) is 0 Å². The van der Waals surface area contributed by atoms with Crippen LogP contribution in [0.3, 0.4) is 0 Å². The van der Waals surface area contributed by atoms with Crippen LogP contribution in [0, 0.1) is 35.5 Å². The molecule has 3 heteroatoms. The van der Waals surface area contributed by atoms with Crippen molar-refractivity contribution in [2.24, 2.45) is 35.5 Å². The second kappa shape index (κ2) is 4.75. The molecule has 19 heavy (non-hydrogen) atoms. The van der Waals surface area contributed by atoms with E-state index in [1.165, 1.54) is 44.9 Å². The van der Waals surface area contributed by atoms with E-state index in [-0.39, 0.29) is 0 Å². The molecule has 0 aliphatic heterocycles. The molecule has 106 valence electrons. The van der Waals surface area contributed by atoms with Gasteiger partial charge in [-0.3, -0.25) is 4.79 Å². The Hall–Kier alpha value is -0.0500. The van der Waals surface area contributed by atoms with E-state index in [0.29, 0.717) is 11.8 Å². The van der Waals surface area contributed by atoms with Crippen LogP contribution >= 0.6 is 15.9 Å². The van der Waals surface area contributed by atoms with Crippen molar-refractivity contribution >= 4 is 21.8 Å². The first-order valence-corrected chi connectivity index (χ1v) is 9.07. The number of nitrogens with one attached hydrogen (secondary N) is 1. The van der Waals surface area contributed by atoms with Crippen molar-refractivity contribution in [3.8, 4) is 0 Å². The summed E-state index contributed by atoms with van der Waals surface area (Å²) in [4.78, 5) is 13.0. The van der Waals surface area contributed by atoms with E-state index < -0.39 is 0 Å². The predicted molar refractivity (Wildman–Crippen MR) is 79.0 cm³/mol. The van der Waals surface area contributed by atoms with Gasteiger partial charge in [0, 0.05) is 17.3 Å². The Morgan fingerprint density at radius 1 is 1.00 bits per heavy atom. The molecule has 0 spiro atoms. The number of rotatable bonds is 3. The lowest BCUT2D eigenvalue weighted by Gasteiger charge is -2.25. The van der Waals surface area contributed by atoms with Crippen LogP contribution in [-0.2, 0) is 4.79 Å². The highest BCUT2D eigenvalue weighted by molar-refractivity contribution is 9.09. The zero-order chi connectivity index (χ0) is 13.0. The number of carbonyl (C=O) groups excluding carboxylic acids is 1. The minimum Gasteiger partial charge on any atom is -0.356 e. The Morgan fingerprint density at radius 3 is 2.26 bits per heavy atom. The van der Waals surface area contributed by atoms with Gasteiger partial charge in [0.2, 0.25) is 5.91 Å². The topological polar surface area (TPSA) is 29.1 Å². The fourth-order valence-corrected chi connectivity index (χ4v) is 5.89. The summed E-state index contributed by atoms with van der Waals surface area (Å²) in [5, 5.41) is 3.27. The summed E-state index contributed by atoms with van der Waals surface area (Å²) in [6.07, 6.45) is 9.36. The quantitative estimate of drug-likeness (QED) is 0.792. The van der Waals surface area contributed by atoms with Crippen LogP contribution < -0.4 is 5.32 Å². The lowest BCUT2D eigenvalue weighted by atomic mass is 9.89. The van der Waals surface area contributed by atoms with Gasteiger partial charge in [-0.25, -0.2) is 0 Å². The number of hydrogen-bond acceptors (Lipinski definition) is 1. The van der Waals surface area contributed by atoms with E-state index in [9.17, 15) is 4.79 Å². The summed E-state index contributed by atoms with van der Waals surface area (Å²) >= 11 is 3.69. The molecule has 4 saturated carbocycles. The van der Waals surface area contributed by atoms with Crippen molar-refractivity contribution in [1.82, 2.24) is 5.32 Å². The van der Waals surface area contributed by atoms with Gasteiger partial charge >= 0.3 is 0 Å². The number of alkyl halides is 1. The molecule has 4 unspecified atom stereocenters. The number of amides is 1. The predicted octanol–water partition coefficient (Wildman–Crippen LogP) is 3.35. The van der Waals surface area contributed by atoms with Crippen molar-refractivity contribution in [2.45, 2.75) is 49.8 Å². The van der Waals surface area contributed by atoms with Crippen molar-refractivity contribution in [3.05, 3.63) is 0 Å². The summed E-state index contributed by atoms with van der Waals surface area (Å²) in [6.45, 7) is 0.934. The molecule has 2 bridgehead atoms. The zero-order valence-corrected chi connectivity index (χ0v) is 13.1. The maximum atomic E-state index is 12.3. The number of fused-ring (bicyclic) bond motifs is 5. The van der Waals surface area contributed by atoms with E-state index in [0.717, 1.165) is 41.0 Å². The maximum Gasteiger partial charge on any atom is 0.223 e. The fraction of sp³-hybridized carbons (Fsp3) is 0.938. The van der Waals surface area contributed by atoms with Gasteiger partial charge in [-0.05, 0) is 74.5 Å². The Morgan fingerprint density at radius 2 is 1.63 bits per heavy atom. The number of carbonyl (C=O) groups is 1. The molecule has 0 aromatic heterocycles. The van der Waals surface area contributed by atoms with E-state index in [4.69, 9.17) is 0 Å². The monoisotopic (exact) mass is 325 g/mol. The first-order valence-electron chi connectivity index (χ1n) is 8.16. The minimum atomic E-state index is 0.396. The first kappa shape index (κ1) is 12.7. The van der Waals surface area contributed by atoms with Crippen LogP contribution in [0.5, 0.6) is 0 Å². The Labute approximate surface area is 124 Å². The van der Waals surface area contributed by atoms with Crippen LogP contribution in [0.1, 0.15) is 44.9 Å². The van der Waals surface area contributed by atoms with Crippen LogP contribution in [0.2, 0.25) is 0 Å². The van der Waals surface area contributed by atoms with Gasteiger partial charge < -0.3 is 5.32 Å². The third-order valence-corrected chi connectivity index (χ3v) is 7.30. The summed E-state index contributed by atoms with van der Waals surface area (Å²) in [6, 6.07) is 0. The molecule has 4 rings (SSSR count). The van der Waals surface area contributed by atoms with Gasteiger partial charge in [0.25, 0.3) is 0 Å². The summed E-state index contributed by atoms with van der Waals surface area (Å²) < 4.78 is 0. The van der Waals surface area contributed by atoms with Crippen molar-refractivity contribution in [1.29, 1.82) is 0 Å². The van der Waals surface area contributed by atoms with Gasteiger partial charge in [0.1, 0.15) is 0 Å². The zero-order valence-electron chi connectivity index (χ0n) is 11.5. The molecule has 0 radical (unpaired) electrons. The van der Waals surface area contributed by atoms with Crippen molar-refractivity contribution < 1.29 is 4.79 Å². The fourth-order valence-electron chi connectivity index (χ4n) is 5.36. The number of hydrogen-bond donors (Lipinski definition) is 1. The average molecular weight is 326 g/mol. The highest BCUT2D eigenvalue weighted by Crippen LogP contribution is 2.69. The molecule has 0 heterocycles. The second-order valence-electron chi connectivity index (χ2n) is 7.38. The second-order valence-corrected chi connectivity index (χ2v) is 8.67. The highest BCUT2D eigenvalue weighted by Gasteiger charge is 2.67. The summed E-state index contributed by atoms with van der Waals surface area (Å²) in [7, 11) is 0. The molecular weight excluding hydrogens is 302 g/mol. The smallest absolute Gasteiger partial charge is 0.223 e. The molecule has 0 aromatic rings. The molecule has 1 N–H and O–H groups in total. The lowest BCUT2D eigenvalue weighted by Crippen LogP contribution is -2.33. The molecule has 0 saturated heterocycles. The van der Waals surface area contributed by atoms with E-state index in [1.807, 2.05) is 0 Å². The van der Waals surface area contributed by atoms with Crippen LogP contribution in [0.15, 0.2) is 0 Å². The first-order chi connectivity index (χ1) is 9.24. The van der Waals surface area contributed by atoms with Gasteiger partial charge in [0.05, 0.1) is 0 Å².